The smallest absolute Gasteiger partial charge is 0.224 e. The van der Waals surface area contributed by atoms with E-state index in [1.54, 1.807) is 17.8 Å². The summed E-state index contributed by atoms with van der Waals surface area (Å²) in [4.78, 5) is 27.8. The molecule has 4 aromatic heterocycles. The Labute approximate surface area is 167 Å². The molecule has 4 aromatic rings. The second-order valence-electron chi connectivity index (χ2n) is 7.53. The highest BCUT2D eigenvalue weighted by molar-refractivity contribution is 5.93. The minimum atomic E-state index is 0.0423. The molecular weight excluding hydrogens is 368 g/mol. The topological polar surface area (TPSA) is 113 Å². The van der Waals surface area contributed by atoms with Crippen LogP contribution < -0.4 is 10.6 Å². The molecule has 9 nitrogen and oxygen atoms in total. The Hall–Kier alpha value is -3.49. The molecule has 0 radical (unpaired) electrons. The maximum absolute atomic E-state index is 11.2. The van der Waals surface area contributed by atoms with E-state index < -0.39 is 0 Å². The fourth-order valence-electron chi connectivity index (χ4n) is 4.04. The van der Waals surface area contributed by atoms with Crippen LogP contribution in [0.15, 0.2) is 37.1 Å². The zero-order valence-electron chi connectivity index (χ0n) is 16.1. The molecule has 4 heterocycles. The summed E-state index contributed by atoms with van der Waals surface area (Å²) in [6, 6.07) is 4.56. The number of nitrogens with one attached hydrogen (secondary N) is 3. The van der Waals surface area contributed by atoms with E-state index in [1.165, 1.54) is 0 Å². The highest BCUT2D eigenvalue weighted by Gasteiger charge is 2.22. The number of carbonyl (C=O) groups excluding carboxylic acids is 1. The van der Waals surface area contributed by atoms with Crippen LogP contribution in [0.4, 0.5) is 5.95 Å². The molecule has 1 fully saturated rings. The van der Waals surface area contributed by atoms with Gasteiger partial charge in [0.15, 0.2) is 5.65 Å². The van der Waals surface area contributed by atoms with Gasteiger partial charge in [-0.1, -0.05) is 0 Å². The molecule has 5 rings (SSSR count). The minimum Gasteiger partial charge on any atom is -0.354 e. The van der Waals surface area contributed by atoms with Crippen LogP contribution >= 0.6 is 0 Å². The average molecular weight is 390 g/mol. The number of carbonyl (C=O) groups is 1. The number of amides is 1. The molecule has 0 bridgehead atoms. The Morgan fingerprint density at radius 1 is 1.17 bits per heavy atom. The van der Waals surface area contributed by atoms with Gasteiger partial charge in [-0.15, -0.1) is 0 Å². The number of rotatable bonds is 4. The third-order valence-corrected chi connectivity index (χ3v) is 5.49. The maximum atomic E-state index is 11.2. The van der Waals surface area contributed by atoms with Crippen molar-refractivity contribution in [3.63, 3.8) is 0 Å². The largest absolute Gasteiger partial charge is 0.354 e. The number of aromatic nitrogens is 6. The quantitative estimate of drug-likeness (QED) is 0.494. The lowest BCUT2D eigenvalue weighted by Crippen LogP contribution is -2.39. The predicted octanol–water partition coefficient (Wildman–Crippen LogP) is 2.53. The van der Waals surface area contributed by atoms with Crippen LogP contribution in [0.5, 0.6) is 0 Å². The van der Waals surface area contributed by atoms with Gasteiger partial charge in [-0.05, 0) is 37.8 Å². The summed E-state index contributed by atoms with van der Waals surface area (Å²) in [5.41, 5.74) is 3.65. The fourth-order valence-corrected chi connectivity index (χ4v) is 4.04. The van der Waals surface area contributed by atoms with Crippen molar-refractivity contribution in [2.24, 2.45) is 0 Å². The Bertz CT molecular complexity index is 1170. The van der Waals surface area contributed by atoms with Crippen LogP contribution in [0.3, 0.4) is 0 Å². The number of pyridine rings is 1. The molecule has 1 aliphatic rings. The summed E-state index contributed by atoms with van der Waals surface area (Å²) in [7, 11) is 0. The highest BCUT2D eigenvalue weighted by Crippen LogP contribution is 2.28. The maximum Gasteiger partial charge on any atom is 0.224 e. The van der Waals surface area contributed by atoms with E-state index >= 15 is 0 Å². The lowest BCUT2D eigenvalue weighted by Gasteiger charge is -2.29. The van der Waals surface area contributed by atoms with Gasteiger partial charge < -0.3 is 15.6 Å². The average Bonchev–Trinajstić information content (AvgIpc) is 3.35. The van der Waals surface area contributed by atoms with Crippen molar-refractivity contribution in [3.05, 3.63) is 37.1 Å². The standard InChI is InChI=1S/C20H22N8O/c1-12(29)25-14-3-5-15(6-4-14)26-20-22-9-17-16(8-21-19(17)27-20)13-2-7-18-23-11-24-28(18)10-13/h2,7-11,14-15H,3-6H2,1H3,(H,25,29)(H2,21,22,26,27)/t14-,15+. The second-order valence-corrected chi connectivity index (χ2v) is 7.53. The lowest BCUT2D eigenvalue weighted by molar-refractivity contribution is -0.119. The number of aromatic amines is 1. The van der Waals surface area contributed by atoms with E-state index in [0.29, 0.717) is 12.0 Å². The Kier molecular flexibility index (Phi) is 4.34. The summed E-state index contributed by atoms with van der Waals surface area (Å²) in [6.07, 6.45) is 11.2. The molecule has 0 aliphatic heterocycles. The molecule has 1 saturated carbocycles. The van der Waals surface area contributed by atoms with E-state index in [2.05, 4.69) is 35.7 Å². The summed E-state index contributed by atoms with van der Waals surface area (Å²) >= 11 is 0. The van der Waals surface area contributed by atoms with Gasteiger partial charge in [0.2, 0.25) is 11.9 Å². The number of nitrogens with zero attached hydrogens (tertiary/aromatic N) is 5. The lowest BCUT2D eigenvalue weighted by atomic mass is 9.91. The number of H-pyrrole nitrogens is 1. The van der Waals surface area contributed by atoms with E-state index in [0.717, 1.165) is 53.5 Å². The fraction of sp³-hybridized carbons (Fsp3) is 0.350. The SMILES string of the molecule is CC(=O)N[C@H]1CC[C@@H](Nc2ncc3c(-c4ccc5ncnn5c4)c[nH]c3n2)CC1. The molecule has 0 unspecified atom stereocenters. The molecule has 0 atom stereocenters. The summed E-state index contributed by atoms with van der Waals surface area (Å²) in [5.74, 6) is 0.668. The van der Waals surface area contributed by atoms with Gasteiger partial charge in [-0.3, -0.25) is 4.79 Å². The summed E-state index contributed by atoms with van der Waals surface area (Å²) in [5, 5.41) is 11.6. The van der Waals surface area contributed by atoms with E-state index in [9.17, 15) is 4.79 Å². The molecule has 0 aromatic carbocycles. The third kappa shape index (κ3) is 3.51. The second kappa shape index (κ2) is 7.16. The molecular formula is C20H22N8O. The molecule has 9 heteroatoms. The van der Waals surface area contributed by atoms with Gasteiger partial charge in [0.25, 0.3) is 0 Å². The van der Waals surface area contributed by atoms with E-state index in [4.69, 9.17) is 0 Å². The van der Waals surface area contributed by atoms with E-state index in [-0.39, 0.29) is 11.9 Å². The number of hydrogen-bond donors (Lipinski definition) is 3. The molecule has 148 valence electrons. The molecule has 1 aliphatic carbocycles. The molecule has 0 saturated heterocycles. The third-order valence-electron chi connectivity index (χ3n) is 5.49. The van der Waals surface area contributed by atoms with Crippen LogP contribution in [0.1, 0.15) is 32.6 Å². The van der Waals surface area contributed by atoms with Crippen LogP contribution in [-0.2, 0) is 4.79 Å². The number of hydrogen-bond acceptors (Lipinski definition) is 6. The normalized spacial score (nSPS) is 19.5. The first kappa shape index (κ1) is 17.6. The van der Waals surface area contributed by atoms with Crippen molar-refractivity contribution in [3.8, 4) is 11.1 Å². The van der Waals surface area contributed by atoms with Crippen LogP contribution in [-0.4, -0.2) is 47.5 Å². The van der Waals surface area contributed by atoms with Gasteiger partial charge in [0, 0.05) is 54.1 Å². The van der Waals surface area contributed by atoms with Crippen molar-refractivity contribution < 1.29 is 4.79 Å². The Morgan fingerprint density at radius 2 is 2.00 bits per heavy atom. The van der Waals surface area contributed by atoms with Crippen molar-refractivity contribution in [1.29, 1.82) is 0 Å². The first-order chi connectivity index (χ1) is 14.2. The summed E-state index contributed by atoms with van der Waals surface area (Å²) < 4.78 is 1.75. The van der Waals surface area contributed by atoms with Crippen molar-refractivity contribution in [2.45, 2.75) is 44.7 Å². The van der Waals surface area contributed by atoms with Crippen LogP contribution in [0.25, 0.3) is 27.8 Å². The molecule has 29 heavy (non-hydrogen) atoms. The van der Waals surface area contributed by atoms with Crippen molar-refractivity contribution in [2.75, 3.05) is 5.32 Å². The summed E-state index contributed by atoms with van der Waals surface area (Å²) in [6.45, 7) is 1.57. The van der Waals surface area contributed by atoms with Gasteiger partial charge in [-0.25, -0.2) is 14.5 Å². The minimum absolute atomic E-state index is 0.0423. The van der Waals surface area contributed by atoms with Crippen molar-refractivity contribution in [1.82, 2.24) is 34.9 Å². The highest BCUT2D eigenvalue weighted by atomic mass is 16.1. The zero-order valence-corrected chi connectivity index (χ0v) is 16.1. The van der Waals surface area contributed by atoms with Gasteiger partial charge in [-0.2, -0.15) is 10.1 Å². The molecule has 3 N–H and O–H groups in total. The monoisotopic (exact) mass is 390 g/mol. The van der Waals surface area contributed by atoms with Crippen LogP contribution in [0.2, 0.25) is 0 Å². The van der Waals surface area contributed by atoms with E-state index in [1.807, 2.05) is 30.7 Å². The number of anilines is 1. The van der Waals surface area contributed by atoms with Crippen LogP contribution in [0, 0.1) is 0 Å². The van der Waals surface area contributed by atoms with Gasteiger partial charge in [0.05, 0.1) is 0 Å². The zero-order chi connectivity index (χ0) is 19.8. The molecule has 1 amide bonds. The predicted molar refractivity (Wildman–Crippen MR) is 109 cm³/mol. The first-order valence-corrected chi connectivity index (χ1v) is 9.83. The Balaban J connectivity index is 1.32. The van der Waals surface area contributed by atoms with Gasteiger partial charge >= 0.3 is 0 Å². The van der Waals surface area contributed by atoms with Gasteiger partial charge in [0.1, 0.15) is 12.0 Å². The molecule has 0 spiro atoms. The van der Waals surface area contributed by atoms with Crippen molar-refractivity contribution >= 4 is 28.5 Å². The first-order valence-electron chi connectivity index (χ1n) is 9.83. The number of fused-ring (bicyclic) bond motifs is 2. The Morgan fingerprint density at radius 3 is 2.83 bits per heavy atom.